The van der Waals surface area contributed by atoms with Crippen LogP contribution < -0.4 is 0 Å². The first-order chi connectivity index (χ1) is 9.00. The summed E-state index contributed by atoms with van der Waals surface area (Å²) in [5.41, 5.74) is 1.42. The number of aliphatic hydroxyl groups is 1. The van der Waals surface area contributed by atoms with Gasteiger partial charge in [-0.2, -0.15) is 5.10 Å². The Hall–Kier alpha value is -0.580. The van der Waals surface area contributed by atoms with E-state index in [1.807, 2.05) is 6.92 Å². The van der Waals surface area contributed by atoms with Crippen molar-refractivity contribution in [3.8, 4) is 0 Å². The number of nitrogens with one attached hydrogen (secondary N) is 1. The minimum Gasteiger partial charge on any atom is -0.389 e. The van der Waals surface area contributed by atoms with Crippen LogP contribution in [0.4, 0.5) is 0 Å². The van der Waals surface area contributed by atoms with Crippen molar-refractivity contribution in [2.75, 3.05) is 13.1 Å². The molecule has 0 bridgehead atoms. The number of hydrogen-bond acceptors (Lipinski definition) is 3. The van der Waals surface area contributed by atoms with E-state index in [9.17, 15) is 5.11 Å². The zero-order valence-corrected chi connectivity index (χ0v) is 12.4. The molecule has 1 aromatic rings. The molecule has 2 N–H and O–H groups in total. The van der Waals surface area contributed by atoms with E-state index in [0.717, 1.165) is 42.5 Å². The second-order valence-corrected chi connectivity index (χ2v) is 6.64. The van der Waals surface area contributed by atoms with Gasteiger partial charge in [0.15, 0.2) is 0 Å². The molecule has 1 aromatic heterocycles. The van der Waals surface area contributed by atoms with Crippen molar-refractivity contribution < 1.29 is 5.11 Å². The van der Waals surface area contributed by atoms with Crippen LogP contribution >= 0.6 is 11.6 Å². The molecule has 0 amide bonds. The lowest BCUT2D eigenvalue weighted by molar-refractivity contribution is -0.0834. The molecule has 0 spiro atoms. The van der Waals surface area contributed by atoms with Crippen LogP contribution in [0.5, 0.6) is 0 Å². The minimum atomic E-state index is -0.429. The summed E-state index contributed by atoms with van der Waals surface area (Å²) in [4.78, 5) is 2.35. The van der Waals surface area contributed by atoms with E-state index in [-0.39, 0.29) is 0 Å². The monoisotopic (exact) mass is 283 g/mol. The molecule has 4 nitrogen and oxygen atoms in total. The van der Waals surface area contributed by atoms with Gasteiger partial charge < -0.3 is 5.11 Å². The molecular weight excluding hydrogens is 262 g/mol. The van der Waals surface area contributed by atoms with E-state index in [0.29, 0.717) is 11.8 Å². The normalized spacial score (nSPS) is 32.7. The van der Waals surface area contributed by atoms with Crippen LogP contribution in [0.2, 0.25) is 5.02 Å². The quantitative estimate of drug-likeness (QED) is 0.895. The van der Waals surface area contributed by atoms with Gasteiger partial charge in [-0.25, -0.2) is 0 Å². The standard InChI is InChI=1S/C14H22ClN3O/c1-9-7-18(6-5-14(9,19)11-3-4-11)8-12-13(15)10(2)16-17-12/h9,11,19H,3-8H2,1-2H3,(H,16,17)/t9-,14+/m1/s1. The Morgan fingerprint density at radius 1 is 1.53 bits per heavy atom. The third kappa shape index (κ3) is 2.41. The van der Waals surface area contributed by atoms with Crippen molar-refractivity contribution in [3.05, 3.63) is 16.4 Å². The highest BCUT2D eigenvalue weighted by Gasteiger charge is 2.49. The van der Waals surface area contributed by atoms with Crippen LogP contribution in [-0.4, -0.2) is 38.9 Å². The van der Waals surface area contributed by atoms with E-state index >= 15 is 0 Å². The fraction of sp³-hybridized carbons (Fsp3) is 0.786. The maximum Gasteiger partial charge on any atom is 0.0951 e. The highest BCUT2D eigenvalue weighted by atomic mass is 35.5. The summed E-state index contributed by atoms with van der Waals surface area (Å²) < 4.78 is 0. The van der Waals surface area contributed by atoms with E-state index in [4.69, 9.17) is 11.6 Å². The molecule has 3 rings (SSSR count). The van der Waals surface area contributed by atoms with Crippen molar-refractivity contribution >= 4 is 11.6 Å². The molecule has 1 aliphatic carbocycles. The Bertz CT molecular complexity index is 471. The van der Waals surface area contributed by atoms with Gasteiger partial charge >= 0.3 is 0 Å². The summed E-state index contributed by atoms with van der Waals surface area (Å²) in [6, 6.07) is 0. The summed E-state index contributed by atoms with van der Waals surface area (Å²) in [7, 11) is 0. The third-order valence-electron chi connectivity index (χ3n) is 4.81. The van der Waals surface area contributed by atoms with Crippen LogP contribution in [0.3, 0.4) is 0 Å². The molecular formula is C14H22ClN3O. The van der Waals surface area contributed by atoms with Gasteiger partial charge in [0.2, 0.25) is 0 Å². The predicted octanol–water partition coefficient (Wildman–Crippen LogP) is 2.35. The van der Waals surface area contributed by atoms with Gasteiger partial charge in [-0.05, 0) is 38.0 Å². The number of rotatable bonds is 3. The van der Waals surface area contributed by atoms with Gasteiger partial charge in [0.25, 0.3) is 0 Å². The molecule has 5 heteroatoms. The highest BCUT2D eigenvalue weighted by Crippen LogP contribution is 2.47. The van der Waals surface area contributed by atoms with Crippen molar-refractivity contribution in [1.82, 2.24) is 15.1 Å². The Morgan fingerprint density at radius 3 is 2.79 bits per heavy atom. The topological polar surface area (TPSA) is 52.2 Å². The number of nitrogens with zero attached hydrogens (tertiary/aromatic N) is 2. The number of piperidine rings is 1. The molecule has 1 saturated carbocycles. The zero-order chi connectivity index (χ0) is 13.6. The van der Waals surface area contributed by atoms with Crippen molar-refractivity contribution in [2.45, 2.75) is 45.3 Å². The molecule has 2 heterocycles. The van der Waals surface area contributed by atoms with Gasteiger partial charge in [-0.15, -0.1) is 0 Å². The Kier molecular flexibility index (Phi) is 3.36. The molecule has 19 heavy (non-hydrogen) atoms. The average Bonchev–Trinajstić information content (AvgIpc) is 3.18. The van der Waals surface area contributed by atoms with E-state index in [1.165, 1.54) is 12.8 Å². The summed E-state index contributed by atoms with van der Waals surface area (Å²) in [5.74, 6) is 0.869. The molecule has 2 aliphatic rings. The molecule has 1 aliphatic heterocycles. The third-order valence-corrected chi connectivity index (χ3v) is 5.31. The van der Waals surface area contributed by atoms with Crippen LogP contribution in [-0.2, 0) is 6.54 Å². The van der Waals surface area contributed by atoms with E-state index in [2.05, 4.69) is 22.0 Å². The Labute approximate surface area is 119 Å². The van der Waals surface area contributed by atoms with Crippen LogP contribution in [0.25, 0.3) is 0 Å². The first-order valence-corrected chi connectivity index (χ1v) is 7.52. The van der Waals surface area contributed by atoms with Gasteiger partial charge in [0.1, 0.15) is 0 Å². The summed E-state index contributed by atoms with van der Waals surface area (Å²) >= 11 is 6.21. The number of H-pyrrole nitrogens is 1. The number of aromatic nitrogens is 2. The zero-order valence-electron chi connectivity index (χ0n) is 11.6. The predicted molar refractivity (Wildman–Crippen MR) is 75.1 cm³/mol. The Balaban J connectivity index is 1.64. The summed E-state index contributed by atoms with van der Waals surface area (Å²) in [6.45, 7) is 6.73. The van der Waals surface area contributed by atoms with Gasteiger partial charge in [0, 0.05) is 19.6 Å². The van der Waals surface area contributed by atoms with Gasteiger partial charge in [0.05, 0.1) is 22.0 Å². The van der Waals surface area contributed by atoms with Crippen molar-refractivity contribution in [3.63, 3.8) is 0 Å². The fourth-order valence-electron chi connectivity index (χ4n) is 3.34. The molecule has 1 saturated heterocycles. The van der Waals surface area contributed by atoms with E-state index < -0.39 is 5.60 Å². The van der Waals surface area contributed by atoms with E-state index in [1.54, 1.807) is 0 Å². The first-order valence-electron chi connectivity index (χ1n) is 7.15. The minimum absolute atomic E-state index is 0.326. The van der Waals surface area contributed by atoms with Crippen LogP contribution in [0.1, 0.15) is 37.6 Å². The smallest absolute Gasteiger partial charge is 0.0951 e. The largest absolute Gasteiger partial charge is 0.389 e. The SMILES string of the molecule is Cc1[nH]nc(CN2CC[C@@](O)(C3CC3)[C@H](C)C2)c1Cl. The maximum atomic E-state index is 10.7. The number of hydrogen-bond donors (Lipinski definition) is 2. The second-order valence-electron chi connectivity index (χ2n) is 6.26. The lowest BCUT2D eigenvalue weighted by atomic mass is 9.78. The summed E-state index contributed by atoms with van der Waals surface area (Å²) in [5, 5.41) is 18.7. The molecule has 0 radical (unpaired) electrons. The molecule has 0 unspecified atom stereocenters. The lowest BCUT2D eigenvalue weighted by Crippen LogP contribution is -2.51. The maximum absolute atomic E-state index is 10.7. The second kappa shape index (κ2) is 4.76. The number of halogens is 1. The fourth-order valence-corrected chi connectivity index (χ4v) is 3.48. The first kappa shape index (κ1) is 13.4. The molecule has 2 fully saturated rings. The van der Waals surface area contributed by atoms with Crippen molar-refractivity contribution in [2.24, 2.45) is 11.8 Å². The number of likely N-dealkylation sites (tertiary alicyclic amines) is 1. The highest BCUT2D eigenvalue weighted by molar-refractivity contribution is 6.31. The van der Waals surface area contributed by atoms with Crippen LogP contribution in [0, 0.1) is 18.8 Å². The van der Waals surface area contributed by atoms with Gasteiger partial charge in [-0.3, -0.25) is 10.00 Å². The molecule has 2 atom stereocenters. The van der Waals surface area contributed by atoms with Crippen molar-refractivity contribution in [1.29, 1.82) is 0 Å². The molecule has 0 aromatic carbocycles. The lowest BCUT2D eigenvalue weighted by Gasteiger charge is -2.43. The Morgan fingerprint density at radius 2 is 2.26 bits per heavy atom. The number of aromatic amines is 1. The van der Waals surface area contributed by atoms with Gasteiger partial charge in [-0.1, -0.05) is 18.5 Å². The van der Waals surface area contributed by atoms with Crippen LogP contribution in [0.15, 0.2) is 0 Å². The molecule has 106 valence electrons. The number of aryl methyl sites for hydroxylation is 1. The average molecular weight is 284 g/mol. The summed E-state index contributed by atoms with van der Waals surface area (Å²) in [6.07, 6.45) is 3.27.